The van der Waals surface area contributed by atoms with Gasteiger partial charge in [0.05, 0.1) is 34.1 Å². The van der Waals surface area contributed by atoms with E-state index in [1.54, 1.807) is 0 Å². The van der Waals surface area contributed by atoms with Gasteiger partial charge in [-0.25, -0.2) is 0 Å². The Bertz CT molecular complexity index is 1500. The third-order valence-electron chi connectivity index (χ3n) is 13.1. The van der Waals surface area contributed by atoms with Crippen LogP contribution in [0, 0.1) is 0 Å². The van der Waals surface area contributed by atoms with Crippen LogP contribution in [0.3, 0.4) is 0 Å². The summed E-state index contributed by atoms with van der Waals surface area (Å²) < 4.78 is 26.7. The highest BCUT2D eigenvalue weighted by Gasteiger charge is 2.72. The van der Waals surface area contributed by atoms with Gasteiger partial charge in [0.15, 0.2) is 0 Å². The van der Waals surface area contributed by atoms with Gasteiger partial charge in [0.1, 0.15) is 66.2 Å². The highest BCUT2D eigenvalue weighted by Crippen LogP contribution is 2.54. The molecule has 0 N–H and O–H groups in total. The second kappa shape index (κ2) is 11.4. The van der Waals surface area contributed by atoms with E-state index in [1.807, 2.05) is 54.6 Å². The van der Waals surface area contributed by atoms with Crippen LogP contribution in [-0.2, 0) is 34.0 Å². The van der Waals surface area contributed by atoms with Gasteiger partial charge in [-0.1, -0.05) is 54.6 Å². The quantitative estimate of drug-likeness (QED) is 0.143. The maximum Gasteiger partial charge on any atom is 0.321 e. The van der Waals surface area contributed by atoms with E-state index in [-0.39, 0.29) is 72.1 Å². The number of esters is 2. The summed E-state index contributed by atoms with van der Waals surface area (Å²) in [6, 6.07) is 19.5. The molecule has 6 aliphatic heterocycles. The Morgan fingerprint density at radius 2 is 1.17 bits per heavy atom. The summed E-state index contributed by atoms with van der Waals surface area (Å²) in [6.45, 7) is 0. The van der Waals surface area contributed by atoms with Gasteiger partial charge in [0.2, 0.25) is 0 Å². The maximum atomic E-state index is 14.6. The van der Waals surface area contributed by atoms with Crippen molar-refractivity contribution in [3.8, 4) is 0 Å². The van der Waals surface area contributed by atoms with E-state index in [9.17, 15) is 9.59 Å². The number of nitrogens with zero attached hydrogens (tertiary/aromatic N) is 2. The summed E-state index contributed by atoms with van der Waals surface area (Å²) in [4.78, 5) is 28.6. The lowest BCUT2D eigenvalue weighted by Crippen LogP contribution is -3.00. The first-order chi connectivity index (χ1) is 21.1. The molecule has 6 heterocycles. The van der Waals surface area contributed by atoms with E-state index in [4.69, 9.17) is 18.9 Å². The Labute approximate surface area is 305 Å². The largest absolute Gasteiger partial charge is 1.00 e. The van der Waals surface area contributed by atoms with E-state index in [0.717, 1.165) is 51.3 Å². The third kappa shape index (κ3) is 4.69. The normalized spacial score (nSPS) is 42.6. The predicted octanol–water partition coefficient (Wildman–Crippen LogP) is -2.54. The predicted molar refractivity (Wildman–Crippen MR) is 161 cm³/mol. The number of carbonyl (C=O) groups is 2. The monoisotopic (exact) mass is 854 g/mol. The molecule has 8 nitrogen and oxygen atoms in total. The molecule has 1 aliphatic carbocycles. The molecule has 0 saturated carbocycles. The first-order valence-corrected chi connectivity index (χ1v) is 16.6. The Kier molecular flexibility index (Phi) is 8.20. The van der Waals surface area contributed by atoms with Crippen molar-refractivity contribution in [2.24, 2.45) is 0 Å². The number of rotatable bonds is 5. The van der Waals surface area contributed by atoms with E-state index in [1.165, 1.54) is 0 Å². The second-order valence-electron chi connectivity index (χ2n) is 15.6. The number of fused-ring (bicyclic) bond motifs is 11. The fraction of sp³-hybridized carbons (Fsp3) is 0.611. The average molecular weight is 855 g/mol. The lowest BCUT2D eigenvalue weighted by molar-refractivity contribution is -0.938. The fourth-order valence-electron chi connectivity index (χ4n) is 10.5. The van der Waals surface area contributed by atoms with Crippen molar-refractivity contribution < 1.29 is 85.5 Å². The molecule has 9 rings (SSSR count). The summed E-state index contributed by atoms with van der Waals surface area (Å²) in [5, 5.41) is 0. The van der Waals surface area contributed by atoms with Gasteiger partial charge in [-0.3, -0.25) is 9.59 Å². The highest BCUT2D eigenvalue weighted by molar-refractivity contribution is 5.91. The first-order valence-electron chi connectivity index (χ1n) is 16.6. The van der Waals surface area contributed by atoms with Crippen LogP contribution in [0.5, 0.6) is 0 Å². The summed E-state index contributed by atoms with van der Waals surface area (Å²) in [6.07, 6.45) is 5.38. The highest BCUT2D eigenvalue weighted by atomic mass is 127. The molecule has 0 aromatic heterocycles. The molecular formula is C36H44I2N2O6. The van der Waals surface area contributed by atoms with Crippen molar-refractivity contribution in [2.45, 2.75) is 111 Å². The molecule has 0 spiro atoms. The number of piperidine rings is 2. The minimum Gasteiger partial charge on any atom is -1.00 e. The zero-order chi connectivity index (χ0) is 30.2. The molecule has 2 aromatic rings. The molecule has 0 amide bonds. The van der Waals surface area contributed by atoms with Gasteiger partial charge in [-0.2, -0.15) is 0 Å². The summed E-state index contributed by atoms with van der Waals surface area (Å²) >= 11 is 0. The number of halogens is 2. The third-order valence-corrected chi connectivity index (χ3v) is 13.1. The van der Waals surface area contributed by atoms with Gasteiger partial charge in [-0.15, -0.1) is 0 Å². The molecule has 6 fully saturated rings. The molecule has 248 valence electrons. The van der Waals surface area contributed by atoms with Crippen LogP contribution < -0.4 is 48.0 Å². The lowest BCUT2D eigenvalue weighted by Gasteiger charge is -2.46. The number of likely N-dealkylation sites (N-methyl/N-ethyl adjacent to an activating group) is 2. The van der Waals surface area contributed by atoms with E-state index in [0.29, 0.717) is 61.4 Å². The standard InChI is InChI=1S/C36H44N2O6.2HI/c1-37(2)26-16-21(17-27(37)31-30(26)43-31)41-34(39)24-14-15-36(20-10-6-5-7-11-20,25-13-9-8-12-23(24)25)35(40)42-22-18-28-32-33(44-32)29(19-22)38(28,3)4;;/h5-13,21-22,24,26-33H,14-19H2,1-4H3;2*1H/q+2;;/p-2. The number of carbonyl (C=O) groups excluding carboxylic acids is 2. The number of benzene rings is 2. The molecule has 10 atom stereocenters. The van der Waals surface area contributed by atoms with Gasteiger partial charge < -0.3 is 75.9 Å². The van der Waals surface area contributed by atoms with Crippen LogP contribution in [0.4, 0.5) is 0 Å². The van der Waals surface area contributed by atoms with Crippen LogP contribution >= 0.6 is 0 Å². The van der Waals surface area contributed by atoms with Gasteiger partial charge in [-0.05, 0) is 29.5 Å². The van der Waals surface area contributed by atoms with Crippen LogP contribution in [0.25, 0.3) is 0 Å². The molecule has 46 heavy (non-hydrogen) atoms. The molecule has 7 aliphatic rings. The Hall–Kier alpha value is -1.32. The molecule has 4 bridgehead atoms. The van der Waals surface area contributed by atoms with E-state index >= 15 is 0 Å². The summed E-state index contributed by atoms with van der Waals surface area (Å²) in [7, 11) is 9.16. The van der Waals surface area contributed by atoms with Gasteiger partial charge in [0.25, 0.3) is 0 Å². The number of quaternary nitrogens is 2. The Morgan fingerprint density at radius 3 is 1.72 bits per heavy atom. The topological polar surface area (TPSA) is 77.7 Å². The average Bonchev–Trinajstić information content (AvgIpc) is 3.91. The van der Waals surface area contributed by atoms with Crippen molar-refractivity contribution in [3.05, 3.63) is 71.3 Å². The molecular weight excluding hydrogens is 810 g/mol. The zero-order valence-electron chi connectivity index (χ0n) is 26.9. The molecule has 2 aromatic carbocycles. The number of hydrogen-bond donors (Lipinski definition) is 0. The van der Waals surface area contributed by atoms with E-state index in [2.05, 4.69) is 28.2 Å². The molecule has 10 unspecified atom stereocenters. The van der Waals surface area contributed by atoms with Crippen LogP contribution in [-0.4, -0.2) is 110 Å². The van der Waals surface area contributed by atoms with E-state index < -0.39 is 11.3 Å². The number of ether oxygens (including phenoxy) is 4. The van der Waals surface area contributed by atoms with Crippen molar-refractivity contribution in [1.29, 1.82) is 0 Å². The molecule has 10 heteroatoms. The zero-order valence-corrected chi connectivity index (χ0v) is 31.2. The van der Waals surface area contributed by atoms with Crippen molar-refractivity contribution in [1.82, 2.24) is 0 Å². The maximum absolute atomic E-state index is 14.6. The van der Waals surface area contributed by atoms with Crippen LogP contribution in [0.15, 0.2) is 54.6 Å². The number of epoxide rings is 2. The Balaban J connectivity index is 0.00000169. The summed E-state index contributed by atoms with van der Waals surface area (Å²) in [5.74, 6) is -0.768. The van der Waals surface area contributed by atoms with Crippen LogP contribution in [0.1, 0.15) is 61.1 Å². The minimum atomic E-state index is -0.973. The van der Waals surface area contributed by atoms with Gasteiger partial charge >= 0.3 is 11.9 Å². The molecule has 6 saturated heterocycles. The lowest BCUT2D eigenvalue weighted by atomic mass is 9.63. The van der Waals surface area contributed by atoms with Crippen molar-refractivity contribution in [3.63, 3.8) is 0 Å². The smallest absolute Gasteiger partial charge is 0.321 e. The SMILES string of the molecule is C[N+]1(C)C2CC(OC(=O)C3CCC(C(=O)OC4CC5C6OC6C(C4)[N+]5(C)C)(c4ccccc4)c4ccccc43)CC1C1OC12.[I-].[I-]. The second-order valence-corrected chi connectivity index (χ2v) is 15.6. The van der Waals surface area contributed by atoms with Gasteiger partial charge in [0, 0.05) is 25.7 Å². The fourth-order valence-corrected chi connectivity index (χ4v) is 10.5. The first kappa shape index (κ1) is 33.2. The number of hydrogen-bond acceptors (Lipinski definition) is 6. The number of morpholine rings is 2. The van der Waals surface area contributed by atoms with Crippen LogP contribution in [0.2, 0.25) is 0 Å². The Morgan fingerprint density at radius 1 is 0.696 bits per heavy atom. The minimum absolute atomic E-state index is 0. The van der Waals surface area contributed by atoms with Crippen molar-refractivity contribution >= 4 is 11.9 Å². The molecule has 0 radical (unpaired) electrons. The van der Waals surface area contributed by atoms with Crippen molar-refractivity contribution in [2.75, 3.05) is 28.2 Å². The summed E-state index contributed by atoms with van der Waals surface area (Å²) in [5.41, 5.74) is 1.72.